The quantitative estimate of drug-likeness (QED) is 0.645. The van der Waals surface area contributed by atoms with E-state index in [9.17, 15) is 17.6 Å². The van der Waals surface area contributed by atoms with Crippen LogP contribution in [0.3, 0.4) is 0 Å². The highest BCUT2D eigenvalue weighted by Gasteiger charge is 2.14. The summed E-state index contributed by atoms with van der Waals surface area (Å²) >= 11 is 3.10. The zero-order valence-corrected chi connectivity index (χ0v) is 13.7. The summed E-state index contributed by atoms with van der Waals surface area (Å²) < 4.78 is 43.6. The van der Waals surface area contributed by atoms with E-state index >= 15 is 0 Å². The molecule has 2 aromatic rings. The summed E-state index contributed by atoms with van der Waals surface area (Å²) in [5, 5.41) is 0. The fourth-order valence-corrected chi connectivity index (χ4v) is 2.52. The Morgan fingerprint density at radius 1 is 1.18 bits per heavy atom. The van der Waals surface area contributed by atoms with Crippen LogP contribution in [-0.2, 0) is 10.0 Å². The number of sulfonamides is 1. The van der Waals surface area contributed by atoms with Crippen molar-refractivity contribution in [3.63, 3.8) is 0 Å². The summed E-state index contributed by atoms with van der Waals surface area (Å²) in [5.41, 5.74) is 0.138. The molecular formula is C14H11BrFNO4S. The van der Waals surface area contributed by atoms with Crippen molar-refractivity contribution in [1.82, 2.24) is 0 Å². The van der Waals surface area contributed by atoms with E-state index in [0.29, 0.717) is 10.2 Å². The summed E-state index contributed by atoms with van der Waals surface area (Å²) in [6.07, 6.45) is 1.03. The SMILES string of the molecule is CS(=O)(=O)Nc1ccc(OC(=O)c2ccc(Br)cc2F)cc1. The van der Waals surface area contributed by atoms with E-state index in [4.69, 9.17) is 4.74 Å². The molecule has 2 aromatic carbocycles. The number of benzene rings is 2. The molecule has 0 radical (unpaired) electrons. The molecule has 5 nitrogen and oxygen atoms in total. The van der Waals surface area contributed by atoms with E-state index < -0.39 is 21.8 Å². The van der Waals surface area contributed by atoms with Gasteiger partial charge < -0.3 is 4.74 Å². The normalized spacial score (nSPS) is 11.0. The average molecular weight is 388 g/mol. The van der Waals surface area contributed by atoms with Gasteiger partial charge in [-0.15, -0.1) is 0 Å². The van der Waals surface area contributed by atoms with Crippen molar-refractivity contribution < 1.29 is 22.3 Å². The fraction of sp³-hybridized carbons (Fsp3) is 0.0714. The smallest absolute Gasteiger partial charge is 0.346 e. The number of carbonyl (C=O) groups is 1. The first-order chi connectivity index (χ1) is 10.2. The van der Waals surface area contributed by atoms with Gasteiger partial charge in [0.1, 0.15) is 11.6 Å². The van der Waals surface area contributed by atoms with E-state index in [1.165, 1.54) is 36.4 Å². The molecule has 0 unspecified atom stereocenters. The number of rotatable bonds is 4. The van der Waals surface area contributed by atoms with E-state index in [1.54, 1.807) is 0 Å². The molecule has 0 heterocycles. The van der Waals surface area contributed by atoms with E-state index in [2.05, 4.69) is 20.7 Å². The Morgan fingerprint density at radius 2 is 1.82 bits per heavy atom. The molecule has 0 aliphatic heterocycles. The summed E-state index contributed by atoms with van der Waals surface area (Å²) in [4.78, 5) is 11.9. The van der Waals surface area contributed by atoms with E-state index in [-0.39, 0.29) is 11.3 Å². The minimum absolute atomic E-state index is 0.173. The van der Waals surface area contributed by atoms with Crippen LogP contribution in [0.1, 0.15) is 10.4 Å². The van der Waals surface area contributed by atoms with Gasteiger partial charge in [-0.25, -0.2) is 17.6 Å². The standard InChI is InChI=1S/C14H11BrFNO4S/c1-22(19,20)17-10-3-5-11(6-4-10)21-14(18)12-7-2-9(15)8-13(12)16/h2-8,17H,1H3. The molecule has 1 N–H and O–H groups in total. The van der Waals surface area contributed by atoms with Gasteiger partial charge in [-0.05, 0) is 42.5 Å². The predicted molar refractivity (Wildman–Crippen MR) is 84.0 cm³/mol. The highest BCUT2D eigenvalue weighted by Crippen LogP contribution is 2.20. The largest absolute Gasteiger partial charge is 0.423 e. The maximum Gasteiger partial charge on any atom is 0.346 e. The topological polar surface area (TPSA) is 72.5 Å². The van der Waals surface area contributed by atoms with Crippen molar-refractivity contribution in [2.45, 2.75) is 0 Å². The van der Waals surface area contributed by atoms with Gasteiger partial charge in [0.05, 0.1) is 11.8 Å². The molecule has 0 aliphatic carbocycles. The van der Waals surface area contributed by atoms with Gasteiger partial charge in [-0.1, -0.05) is 15.9 Å². The molecule has 22 heavy (non-hydrogen) atoms. The third-order valence-electron chi connectivity index (χ3n) is 2.52. The fourth-order valence-electron chi connectivity index (χ4n) is 1.62. The summed E-state index contributed by atoms with van der Waals surface area (Å²) in [6, 6.07) is 9.67. The van der Waals surface area contributed by atoms with Crippen molar-refractivity contribution >= 4 is 37.6 Å². The third kappa shape index (κ3) is 4.54. The summed E-state index contributed by atoms with van der Waals surface area (Å²) in [5.74, 6) is -1.37. The van der Waals surface area contributed by atoms with E-state index in [0.717, 1.165) is 12.3 Å². The lowest BCUT2D eigenvalue weighted by atomic mass is 10.2. The van der Waals surface area contributed by atoms with Gasteiger partial charge in [-0.2, -0.15) is 0 Å². The molecular weight excluding hydrogens is 377 g/mol. The number of anilines is 1. The molecule has 8 heteroatoms. The van der Waals surface area contributed by atoms with Gasteiger partial charge in [0.15, 0.2) is 0 Å². The second-order valence-electron chi connectivity index (χ2n) is 4.41. The maximum absolute atomic E-state index is 13.6. The number of esters is 1. The molecule has 0 amide bonds. The van der Waals surface area contributed by atoms with Crippen LogP contribution in [-0.4, -0.2) is 20.6 Å². The monoisotopic (exact) mass is 387 g/mol. The molecule has 0 aromatic heterocycles. The van der Waals surface area contributed by atoms with Gasteiger partial charge in [-0.3, -0.25) is 4.72 Å². The first-order valence-electron chi connectivity index (χ1n) is 6.00. The van der Waals surface area contributed by atoms with Crippen LogP contribution in [0.25, 0.3) is 0 Å². The minimum Gasteiger partial charge on any atom is -0.423 e. The van der Waals surface area contributed by atoms with Gasteiger partial charge in [0.2, 0.25) is 10.0 Å². The van der Waals surface area contributed by atoms with Crippen molar-refractivity contribution in [3.05, 3.63) is 58.3 Å². The Hall–Kier alpha value is -1.93. The Morgan fingerprint density at radius 3 is 2.36 bits per heavy atom. The van der Waals surface area contributed by atoms with Gasteiger partial charge in [0, 0.05) is 10.2 Å². The first-order valence-corrected chi connectivity index (χ1v) is 8.68. The van der Waals surface area contributed by atoms with Crippen LogP contribution in [0.4, 0.5) is 10.1 Å². The molecule has 0 spiro atoms. The highest BCUT2D eigenvalue weighted by molar-refractivity contribution is 9.10. The van der Waals surface area contributed by atoms with Crippen LogP contribution < -0.4 is 9.46 Å². The summed E-state index contributed by atoms with van der Waals surface area (Å²) in [6.45, 7) is 0. The molecule has 0 saturated heterocycles. The molecule has 116 valence electrons. The molecule has 2 rings (SSSR count). The molecule has 0 saturated carbocycles. The molecule has 0 aliphatic rings. The number of nitrogens with one attached hydrogen (secondary N) is 1. The third-order valence-corrected chi connectivity index (χ3v) is 3.62. The lowest BCUT2D eigenvalue weighted by molar-refractivity contribution is 0.0730. The zero-order chi connectivity index (χ0) is 16.3. The first kappa shape index (κ1) is 16.4. The Balaban J connectivity index is 2.12. The zero-order valence-electron chi connectivity index (χ0n) is 11.3. The van der Waals surface area contributed by atoms with Gasteiger partial charge in [0.25, 0.3) is 0 Å². The maximum atomic E-state index is 13.6. The Labute approximate surface area is 135 Å². The number of hydrogen-bond donors (Lipinski definition) is 1. The van der Waals surface area contributed by atoms with Crippen molar-refractivity contribution in [1.29, 1.82) is 0 Å². The lowest BCUT2D eigenvalue weighted by Crippen LogP contribution is -2.11. The number of carbonyl (C=O) groups excluding carboxylic acids is 1. The molecule has 0 fully saturated rings. The number of hydrogen-bond acceptors (Lipinski definition) is 4. The van der Waals surface area contributed by atoms with E-state index in [1.807, 2.05) is 0 Å². The van der Waals surface area contributed by atoms with Crippen LogP contribution in [0.5, 0.6) is 5.75 Å². The van der Waals surface area contributed by atoms with Crippen LogP contribution >= 0.6 is 15.9 Å². The van der Waals surface area contributed by atoms with Crippen molar-refractivity contribution in [2.75, 3.05) is 11.0 Å². The molecule has 0 bridgehead atoms. The van der Waals surface area contributed by atoms with Gasteiger partial charge >= 0.3 is 5.97 Å². The van der Waals surface area contributed by atoms with Crippen LogP contribution in [0.2, 0.25) is 0 Å². The average Bonchev–Trinajstić information content (AvgIpc) is 2.39. The second-order valence-corrected chi connectivity index (χ2v) is 7.08. The predicted octanol–water partition coefficient (Wildman–Crippen LogP) is 3.18. The van der Waals surface area contributed by atoms with Crippen LogP contribution in [0.15, 0.2) is 46.9 Å². The van der Waals surface area contributed by atoms with Crippen LogP contribution in [0, 0.1) is 5.82 Å². The highest BCUT2D eigenvalue weighted by atomic mass is 79.9. The Bertz CT molecular complexity index is 806. The minimum atomic E-state index is -3.38. The molecule has 0 atom stereocenters. The number of ether oxygens (including phenoxy) is 1. The van der Waals surface area contributed by atoms with Crippen molar-refractivity contribution in [3.8, 4) is 5.75 Å². The lowest BCUT2D eigenvalue weighted by Gasteiger charge is -2.07. The number of halogens is 2. The Kier molecular flexibility index (Phi) is 4.82. The second kappa shape index (κ2) is 6.45. The van der Waals surface area contributed by atoms with Crippen molar-refractivity contribution in [2.24, 2.45) is 0 Å². The summed E-state index contributed by atoms with van der Waals surface area (Å²) in [7, 11) is -3.38.